The molecule has 0 aliphatic heterocycles. The third-order valence-electron chi connectivity index (χ3n) is 5.38. The van der Waals surface area contributed by atoms with Crippen LogP contribution in [0.3, 0.4) is 0 Å². The van der Waals surface area contributed by atoms with E-state index in [4.69, 9.17) is 0 Å². The van der Waals surface area contributed by atoms with Crippen LogP contribution in [-0.2, 0) is 0 Å². The van der Waals surface area contributed by atoms with Gasteiger partial charge in [-0.1, -0.05) is 130 Å². The molecule has 0 heterocycles. The quantitative estimate of drug-likeness (QED) is 0.236. The van der Waals surface area contributed by atoms with Gasteiger partial charge in [-0.2, -0.15) is 0 Å². The first-order valence-electron chi connectivity index (χ1n) is 10.8. The van der Waals surface area contributed by atoms with Crippen LogP contribution in [0.25, 0.3) is 0 Å². The van der Waals surface area contributed by atoms with Gasteiger partial charge in [-0.15, -0.1) is 0 Å². The maximum atomic E-state index is 2.36. The molecule has 0 heteroatoms. The van der Waals surface area contributed by atoms with Gasteiger partial charge in [-0.05, 0) is 11.8 Å². The van der Waals surface area contributed by atoms with Crippen LogP contribution in [0.1, 0.15) is 130 Å². The number of hydrogen-bond donors (Lipinski definition) is 0. The van der Waals surface area contributed by atoms with E-state index in [1.807, 2.05) is 0 Å². The largest absolute Gasteiger partial charge is 0.0654 e. The van der Waals surface area contributed by atoms with Gasteiger partial charge in [-0.3, -0.25) is 0 Å². The summed E-state index contributed by atoms with van der Waals surface area (Å²) in [6, 6.07) is 0. The molecule has 0 aromatic carbocycles. The zero-order chi connectivity index (χ0) is 16.5. The Balaban J connectivity index is 4.38. The zero-order valence-corrected chi connectivity index (χ0v) is 16.5. The van der Waals surface area contributed by atoms with Gasteiger partial charge in [0.1, 0.15) is 0 Å². The monoisotopic (exact) mass is 310 g/mol. The molecule has 22 heavy (non-hydrogen) atoms. The van der Waals surface area contributed by atoms with E-state index in [0.717, 1.165) is 11.8 Å². The summed E-state index contributed by atoms with van der Waals surface area (Å²) in [6.07, 6.45) is 23.2. The summed E-state index contributed by atoms with van der Waals surface area (Å²) in [5.74, 6) is 2.07. The Morgan fingerprint density at radius 1 is 0.364 bits per heavy atom. The van der Waals surface area contributed by atoms with Crippen molar-refractivity contribution in [3.8, 4) is 0 Å². The first-order chi connectivity index (χ1) is 10.8. The normalized spacial score (nSPS) is 14.2. The van der Waals surface area contributed by atoms with Gasteiger partial charge in [0.2, 0.25) is 0 Å². The van der Waals surface area contributed by atoms with Crippen molar-refractivity contribution in [2.45, 2.75) is 130 Å². The summed E-state index contributed by atoms with van der Waals surface area (Å²) >= 11 is 0. The fraction of sp³-hybridized carbons (Fsp3) is 1.00. The maximum Gasteiger partial charge on any atom is -0.0386 e. The average molecular weight is 311 g/mol. The first kappa shape index (κ1) is 22.0. The van der Waals surface area contributed by atoms with Crippen LogP contribution in [0.4, 0.5) is 0 Å². The van der Waals surface area contributed by atoms with E-state index in [9.17, 15) is 0 Å². The van der Waals surface area contributed by atoms with Crippen molar-refractivity contribution < 1.29 is 0 Å². The summed E-state index contributed by atoms with van der Waals surface area (Å²) in [5.41, 5.74) is 0. The smallest absolute Gasteiger partial charge is 0.0386 e. The van der Waals surface area contributed by atoms with Crippen molar-refractivity contribution in [2.24, 2.45) is 11.8 Å². The molecular weight excluding hydrogens is 264 g/mol. The lowest BCUT2D eigenvalue weighted by molar-refractivity contribution is 0.239. The Morgan fingerprint density at radius 3 is 1.09 bits per heavy atom. The van der Waals surface area contributed by atoms with Crippen molar-refractivity contribution in [1.29, 1.82) is 0 Å². The zero-order valence-electron chi connectivity index (χ0n) is 16.5. The van der Waals surface area contributed by atoms with Crippen molar-refractivity contribution in [2.75, 3.05) is 0 Å². The van der Waals surface area contributed by atoms with Crippen LogP contribution < -0.4 is 0 Å². The minimum Gasteiger partial charge on any atom is -0.0654 e. The molecule has 0 bridgehead atoms. The lowest BCUT2D eigenvalue weighted by Gasteiger charge is -2.28. The molecule has 0 radical (unpaired) electrons. The summed E-state index contributed by atoms with van der Waals surface area (Å²) in [4.78, 5) is 0. The lowest BCUT2D eigenvalue weighted by Crippen LogP contribution is -2.16. The van der Waals surface area contributed by atoms with Crippen LogP contribution in [0.15, 0.2) is 0 Å². The topological polar surface area (TPSA) is 0 Å². The summed E-state index contributed by atoms with van der Waals surface area (Å²) in [5, 5.41) is 0. The highest BCUT2D eigenvalue weighted by molar-refractivity contribution is 4.71. The second kappa shape index (κ2) is 17.4. The maximum absolute atomic E-state index is 2.36. The van der Waals surface area contributed by atoms with Crippen molar-refractivity contribution in [3.05, 3.63) is 0 Å². The van der Waals surface area contributed by atoms with Crippen molar-refractivity contribution >= 4 is 0 Å². The molecule has 0 nitrogen and oxygen atoms in total. The van der Waals surface area contributed by atoms with Crippen LogP contribution in [0.5, 0.6) is 0 Å². The lowest BCUT2D eigenvalue weighted by atomic mass is 9.78. The fourth-order valence-electron chi connectivity index (χ4n) is 3.84. The first-order valence-corrected chi connectivity index (χ1v) is 10.8. The van der Waals surface area contributed by atoms with E-state index in [-0.39, 0.29) is 0 Å². The molecule has 0 saturated carbocycles. The highest BCUT2D eigenvalue weighted by Crippen LogP contribution is 2.32. The molecule has 0 aromatic rings. The van der Waals surface area contributed by atoms with Gasteiger partial charge in [0, 0.05) is 0 Å². The van der Waals surface area contributed by atoms with Gasteiger partial charge in [0.15, 0.2) is 0 Å². The molecule has 0 fully saturated rings. The van der Waals surface area contributed by atoms with Gasteiger partial charge >= 0.3 is 0 Å². The molecule has 0 rings (SSSR count). The Labute approximate surface area is 142 Å². The van der Waals surface area contributed by atoms with E-state index in [1.54, 1.807) is 0 Å². The third kappa shape index (κ3) is 12.5. The van der Waals surface area contributed by atoms with Crippen LogP contribution >= 0.6 is 0 Å². The minimum atomic E-state index is 1.03. The fourth-order valence-corrected chi connectivity index (χ4v) is 3.84. The molecule has 2 atom stereocenters. The minimum absolute atomic E-state index is 1.03. The van der Waals surface area contributed by atoms with Gasteiger partial charge in [0.05, 0.1) is 0 Å². The third-order valence-corrected chi connectivity index (χ3v) is 5.38. The second-order valence-corrected chi connectivity index (χ2v) is 7.50. The molecule has 0 aromatic heterocycles. The van der Waals surface area contributed by atoms with E-state index in [1.165, 1.54) is 103 Å². The predicted molar refractivity (Wildman–Crippen MR) is 104 cm³/mol. The Kier molecular flexibility index (Phi) is 17.4. The van der Waals surface area contributed by atoms with Crippen LogP contribution in [0.2, 0.25) is 0 Å². The molecule has 0 spiro atoms. The van der Waals surface area contributed by atoms with E-state index in [0.29, 0.717) is 0 Å². The molecule has 0 aliphatic carbocycles. The summed E-state index contributed by atoms with van der Waals surface area (Å²) in [6.45, 7) is 9.36. The molecule has 0 N–H and O–H groups in total. The number of rotatable bonds is 17. The summed E-state index contributed by atoms with van der Waals surface area (Å²) < 4.78 is 0. The Hall–Kier alpha value is 0. The van der Waals surface area contributed by atoms with Gasteiger partial charge in [0.25, 0.3) is 0 Å². The van der Waals surface area contributed by atoms with Crippen LogP contribution in [-0.4, -0.2) is 0 Å². The van der Waals surface area contributed by atoms with E-state index >= 15 is 0 Å². The van der Waals surface area contributed by atoms with E-state index < -0.39 is 0 Å². The predicted octanol–water partition coefficient (Wildman–Crippen LogP) is 8.54. The number of unbranched alkanes of at least 4 members (excludes halogenated alkanes) is 8. The van der Waals surface area contributed by atoms with Crippen molar-refractivity contribution in [3.63, 3.8) is 0 Å². The molecule has 0 amide bonds. The molecule has 0 aliphatic rings. The highest BCUT2D eigenvalue weighted by Gasteiger charge is 2.20. The highest BCUT2D eigenvalue weighted by atomic mass is 14.3. The molecule has 2 unspecified atom stereocenters. The van der Waals surface area contributed by atoms with Gasteiger partial charge in [-0.25, -0.2) is 0 Å². The van der Waals surface area contributed by atoms with Gasteiger partial charge < -0.3 is 0 Å². The second-order valence-electron chi connectivity index (χ2n) is 7.50. The average Bonchev–Trinajstić information content (AvgIpc) is 2.53. The molecular formula is C22H46. The van der Waals surface area contributed by atoms with Crippen LogP contribution in [0, 0.1) is 11.8 Å². The SMILES string of the molecule is CCCCCCC(CCCCC)C(CCCC)CCCCC. The van der Waals surface area contributed by atoms with Crippen molar-refractivity contribution in [1.82, 2.24) is 0 Å². The standard InChI is InChI=1S/C22H46/c1-5-9-13-16-20-22(19-15-11-7-3)21(17-12-8-4)18-14-10-6-2/h21-22H,5-20H2,1-4H3. The number of hydrogen-bond acceptors (Lipinski definition) is 0. The summed E-state index contributed by atoms with van der Waals surface area (Å²) in [7, 11) is 0. The van der Waals surface area contributed by atoms with E-state index in [2.05, 4.69) is 27.7 Å². The molecule has 0 saturated heterocycles. The molecule has 134 valence electrons. The Bertz CT molecular complexity index is 196. The Morgan fingerprint density at radius 2 is 0.682 bits per heavy atom.